The maximum absolute atomic E-state index is 8.79. The van der Waals surface area contributed by atoms with E-state index in [1.165, 1.54) is 25.7 Å². The molecule has 108 valence electrons. The Bertz CT molecular complexity index is 389. The summed E-state index contributed by atoms with van der Waals surface area (Å²) in [6.45, 7) is 6.42. The minimum atomic E-state index is 0.198. The van der Waals surface area contributed by atoms with Crippen LogP contribution < -0.4 is 5.32 Å². The highest BCUT2D eigenvalue weighted by molar-refractivity contribution is 4.95. The molecule has 0 bridgehead atoms. The zero-order valence-corrected chi connectivity index (χ0v) is 12.1. The van der Waals surface area contributed by atoms with Crippen LogP contribution in [0.4, 0.5) is 0 Å². The van der Waals surface area contributed by atoms with E-state index in [9.17, 15) is 0 Å². The zero-order valence-electron chi connectivity index (χ0n) is 12.1. The van der Waals surface area contributed by atoms with E-state index < -0.39 is 0 Å². The molecule has 0 amide bonds. The number of aliphatic hydroxyl groups is 1. The van der Waals surface area contributed by atoms with Crippen LogP contribution in [-0.2, 0) is 13.1 Å². The number of rotatable bonds is 6. The summed E-state index contributed by atoms with van der Waals surface area (Å²) in [6, 6.07) is 0.573. The lowest BCUT2D eigenvalue weighted by Gasteiger charge is -2.39. The van der Waals surface area contributed by atoms with Crippen LogP contribution in [0.3, 0.4) is 0 Å². The van der Waals surface area contributed by atoms with E-state index in [2.05, 4.69) is 29.5 Å². The molecule has 1 aliphatic rings. The van der Waals surface area contributed by atoms with Crippen LogP contribution in [0, 0.1) is 5.41 Å². The van der Waals surface area contributed by atoms with Crippen LogP contribution in [0.2, 0.25) is 0 Å². The molecule has 1 aliphatic carbocycles. The van der Waals surface area contributed by atoms with Gasteiger partial charge in [-0.15, -0.1) is 5.10 Å². The Kier molecular flexibility index (Phi) is 4.93. The second-order valence-corrected chi connectivity index (χ2v) is 6.22. The van der Waals surface area contributed by atoms with Crippen molar-refractivity contribution in [1.82, 2.24) is 20.3 Å². The van der Waals surface area contributed by atoms with Crippen molar-refractivity contribution in [2.45, 2.75) is 65.1 Å². The Hall–Kier alpha value is -0.940. The topological polar surface area (TPSA) is 63.0 Å². The summed E-state index contributed by atoms with van der Waals surface area (Å²) in [6.07, 6.45) is 7.93. The van der Waals surface area contributed by atoms with Gasteiger partial charge in [-0.25, -0.2) is 0 Å². The van der Waals surface area contributed by atoms with Gasteiger partial charge in [0.2, 0.25) is 0 Å². The first-order valence-electron chi connectivity index (χ1n) is 7.35. The van der Waals surface area contributed by atoms with Crippen LogP contribution >= 0.6 is 0 Å². The number of nitrogens with one attached hydrogen (secondary N) is 1. The summed E-state index contributed by atoms with van der Waals surface area (Å²) in [4.78, 5) is 0. The number of aryl methyl sites for hydroxylation is 1. The predicted molar refractivity (Wildman–Crippen MR) is 74.6 cm³/mol. The summed E-state index contributed by atoms with van der Waals surface area (Å²) in [5, 5.41) is 20.7. The van der Waals surface area contributed by atoms with Crippen LogP contribution in [0.1, 0.15) is 51.6 Å². The Morgan fingerprint density at radius 1 is 1.47 bits per heavy atom. The monoisotopic (exact) mass is 266 g/mol. The van der Waals surface area contributed by atoms with E-state index in [4.69, 9.17) is 5.11 Å². The first kappa shape index (κ1) is 14.5. The lowest BCUT2D eigenvalue weighted by molar-refractivity contribution is 0.166. The Labute approximate surface area is 115 Å². The molecule has 1 saturated carbocycles. The molecule has 0 spiro atoms. The molecule has 1 unspecified atom stereocenters. The largest absolute Gasteiger partial charge is 0.396 e. The van der Waals surface area contributed by atoms with Gasteiger partial charge in [-0.3, -0.25) is 4.68 Å². The first-order valence-corrected chi connectivity index (χ1v) is 7.35. The molecule has 2 rings (SSSR count). The van der Waals surface area contributed by atoms with Gasteiger partial charge in [0.05, 0.1) is 5.69 Å². The fourth-order valence-corrected chi connectivity index (χ4v) is 2.86. The lowest BCUT2D eigenvalue weighted by Crippen LogP contribution is -2.43. The predicted octanol–water partition coefficient (Wildman–Crippen LogP) is 1.72. The summed E-state index contributed by atoms with van der Waals surface area (Å²) in [5.41, 5.74) is 1.37. The Balaban J connectivity index is 1.82. The first-order chi connectivity index (χ1) is 9.12. The third-order valence-electron chi connectivity index (χ3n) is 4.17. The second-order valence-electron chi connectivity index (χ2n) is 6.22. The number of hydrogen-bond donors (Lipinski definition) is 2. The molecule has 0 aliphatic heterocycles. The van der Waals surface area contributed by atoms with Gasteiger partial charge < -0.3 is 10.4 Å². The molecule has 1 fully saturated rings. The van der Waals surface area contributed by atoms with Gasteiger partial charge >= 0.3 is 0 Å². The van der Waals surface area contributed by atoms with Gasteiger partial charge in [0.25, 0.3) is 0 Å². The van der Waals surface area contributed by atoms with E-state index >= 15 is 0 Å². The van der Waals surface area contributed by atoms with E-state index in [1.54, 1.807) is 4.68 Å². The summed E-state index contributed by atoms with van der Waals surface area (Å²) < 4.78 is 1.80. The SMILES string of the molecule is CC1(C)CCCCC1NCc1cn(CCCO)nn1. The van der Waals surface area contributed by atoms with E-state index in [0.717, 1.165) is 25.2 Å². The lowest BCUT2D eigenvalue weighted by atomic mass is 9.73. The minimum Gasteiger partial charge on any atom is -0.396 e. The maximum atomic E-state index is 8.79. The van der Waals surface area contributed by atoms with Gasteiger partial charge in [-0.1, -0.05) is 31.9 Å². The van der Waals surface area contributed by atoms with Crippen molar-refractivity contribution in [2.24, 2.45) is 5.41 Å². The Morgan fingerprint density at radius 2 is 2.32 bits per heavy atom. The summed E-state index contributed by atoms with van der Waals surface area (Å²) >= 11 is 0. The molecule has 1 aromatic rings. The number of nitrogens with zero attached hydrogens (tertiary/aromatic N) is 3. The van der Waals surface area contributed by atoms with Gasteiger partial charge in [0, 0.05) is 31.9 Å². The maximum Gasteiger partial charge on any atom is 0.0964 e. The average Bonchev–Trinajstić information content (AvgIpc) is 2.82. The van der Waals surface area contributed by atoms with Gasteiger partial charge in [0.1, 0.15) is 0 Å². The van der Waals surface area contributed by atoms with Crippen molar-refractivity contribution < 1.29 is 5.11 Å². The smallest absolute Gasteiger partial charge is 0.0964 e. The molecule has 1 aromatic heterocycles. The summed E-state index contributed by atoms with van der Waals surface area (Å²) in [7, 11) is 0. The Morgan fingerprint density at radius 3 is 3.05 bits per heavy atom. The molecular formula is C14H26N4O. The third-order valence-corrected chi connectivity index (χ3v) is 4.17. The van der Waals surface area contributed by atoms with Crippen LogP contribution in [0.15, 0.2) is 6.20 Å². The fourth-order valence-electron chi connectivity index (χ4n) is 2.86. The van der Waals surface area contributed by atoms with E-state index in [0.29, 0.717) is 11.5 Å². The van der Waals surface area contributed by atoms with Crippen molar-refractivity contribution >= 4 is 0 Å². The van der Waals surface area contributed by atoms with Crippen molar-refractivity contribution in [3.8, 4) is 0 Å². The molecule has 5 nitrogen and oxygen atoms in total. The molecule has 1 heterocycles. The summed E-state index contributed by atoms with van der Waals surface area (Å²) in [5.74, 6) is 0. The standard InChI is InChI=1S/C14H26N4O/c1-14(2)7-4-3-6-13(14)15-10-12-11-18(17-16-12)8-5-9-19/h11,13,15,19H,3-10H2,1-2H3. The fraction of sp³-hybridized carbons (Fsp3) is 0.857. The average molecular weight is 266 g/mol. The van der Waals surface area contributed by atoms with E-state index in [-0.39, 0.29) is 6.61 Å². The zero-order chi connectivity index (χ0) is 13.7. The van der Waals surface area contributed by atoms with Crippen molar-refractivity contribution in [1.29, 1.82) is 0 Å². The minimum absolute atomic E-state index is 0.198. The molecule has 5 heteroatoms. The van der Waals surface area contributed by atoms with Crippen molar-refractivity contribution in [2.75, 3.05) is 6.61 Å². The molecule has 0 radical (unpaired) electrons. The van der Waals surface area contributed by atoms with Crippen molar-refractivity contribution in [3.63, 3.8) is 0 Å². The molecule has 1 atom stereocenters. The number of hydrogen-bond acceptors (Lipinski definition) is 4. The van der Waals surface area contributed by atoms with E-state index in [1.807, 2.05) is 6.20 Å². The third kappa shape index (κ3) is 4.01. The van der Waals surface area contributed by atoms with Gasteiger partial charge in [-0.2, -0.15) is 0 Å². The highest BCUT2D eigenvalue weighted by atomic mass is 16.3. The highest BCUT2D eigenvalue weighted by Crippen LogP contribution is 2.35. The molecule has 2 N–H and O–H groups in total. The quantitative estimate of drug-likeness (QED) is 0.823. The number of aromatic nitrogens is 3. The van der Waals surface area contributed by atoms with Crippen molar-refractivity contribution in [3.05, 3.63) is 11.9 Å². The number of aliphatic hydroxyl groups excluding tert-OH is 1. The highest BCUT2D eigenvalue weighted by Gasteiger charge is 2.31. The molecular weight excluding hydrogens is 240 g/mol. The second kappa shape index (κ2) is 6.48. The molecule has 0 aromatic carbocycles. The van der Waals surface area contributed by atoms with Crippen LogP contribution in [0.25, 0.3) is 0 Å². The molecule has 0 saturated heterocycles. The van der Waals surface area contributed by atoms with Gasteiger partial charge in [-0.05, 0) is 24.7 Å². The molecule has 19 heavy (non-hydrogen) atoms. The van der Waals surface area contributed by atoms with Crippen LogP contribution in [-0.4, -0.2) is 32.7 Å². The normalized spacial score (nSPS) is 22.6. The van der Waals surface area contributed by atoms with Crippen LogP contribution in [0.5, 0.6) is 0 Å². The van der Waals surface area contributed by atoms with Gasteiger partial charge in [0.15, 0.2) is 0 Å².